The molecule has 0 saturated carbocycles. The Labute approximate surface area is 186 Å². The molecule has 166 valence electrons. The van der Waals surface area contributed by atoms with E-state index < -0.39 is 29.1 Å². The van der Waals surface area contributed by atoms with Crippen molar-refractivity contribution in [1.29, 1.82) is 0 Å². The summed E-state index contributed by atoms with van der Waals surface area (Å²) in [6.45, 7) is 4.88. The van der Waals surface area contributed by atoms with Crippen LogP contribution in [0.15, 0.2) is 35.7 Å². The number of esters is 2. The van der Waals surface area contributed by atoms with Crippen molar-refractivity contribution >= 4 is 34.1 Å². The van der Waals surface area contributed by atoms with Gasteiger partial charge in [0.05, 0.1) is 12.3 Å². The number of anilines is 2. The smallest absolute Gasteiger partial charge is 0.324 e. The molecule has 0 bridgehead atoms. The number of thiazole rings is 1. The Morgan fingerprint density at radius 3 is 2.81 bits per heavy atom. The number of para-hydroxylation sites is 1. The fraction of sp³-hybridized carbons (Fsp3) is 0.522. The predicted molar refractivity (Wildman–Crippen MR) is 117 cm³/mol. The molecule has 8 heteroatoms. The Balaban J connectivity index is 1.42. The van der Waals surface area contributed by atoms with Crippen LogP contribution in [-0.4, -0.2) is 36.2 Å². The number of hydrogen-bond donors (Lipinski definition) is 1. The Bertz CT molecular complexity index is 933. The third-order valence-electron chi connectivity index (χ3n) is 5.86. The zero-order chi connectivity index (χ0) is 21.9. The molecule has 2 saturated heterocycles. The van der Waals surface area contributed by atoms with E-state index in [9.17, 15) is 9.59 Å². The Hall–Kier alpha value is -2.45. The third-order valence-corrected chi connectivity index (χ3v) is 6.61. The average molecular weight is 445 g/mol. The molecular formula is C23H28N2O5S. The summed E-state index contributed by atoms with van der Waals surface area (Å²) in [4.78, 5) is 30.2. The van der Waals surface area contributed by atoms with Gasteiger partial charge in [0.15, 0.2) is 16.1 Å². The summed E-state index contributed by atoms with van der Waals surface area (Å²) in [6, 6.07) is 9.73. The monoisotopic (exact) mass is 444 g/mol. The highest BCUT2D eigenvalue weighted by atomic mass is 32.1. The Morgan fingerprint density at radius 2 is 2.03 bits per heavy atom. The van der Waals surface area contributed by atoms with Gasteiger partial charge in [-0.05, 0) is 25.5 Å². The largest absolute Gasteiger partial charge is 0.459 e. The van der Waals surface area contributed by atoms with Gasteiger partial charge in [-0.3, -0.25) is 9.59 Å². The van der Waals surface area contributed by atoms with E-state index in [1.165, 1.54) is 11.3 Å². The molecule has 3 heterocycles. The number of carbonyl (C=O) groups excluding carboxylic acids is 2. The van der Waals surface area contributed by atoms with Crippen LogP contribution in [0.4, 0.5) is 10.8 Å². The molecule has 1 N–H and O–H groups in total. The van der Waals surface area contributed by atoms with E-state index in [1.807, 2.05) is 42.6 Å². The maximum atomic E-state index is 12.9. The van der Waals surface area contributed by atoms with Crippen molar-refractivity contribution in [3.8, 4) is 0 Å². The fourth-order valence-electron chi connectivity index (χ4n) is 4.20. The first-order valence-corrected chi connectivity index (χ1v) is 11.6. The highest BCUT2D eigenvalue weighted by Gasteiger charge is 2.65. The maximum Gasteiger partial charge on any atom is 0.324 e. The number of unbranched alkanes of at least 4 members (excludes halogenated alkanes) is 2. The minimum absolute atomic E-state index is 0.221. The molecule has 1 spiro atoms. The summed E-state index contributed by atoms with van der Waals surface area (Å²) in [5.41, 5.74) is -0.689. The molecule has 0 unspecified atom stereocenters. The Morgan fingerprint density at radius 1 is 1.23 bits per heavy atom. The van der Waals surface area contributed by atoms with Crippen LogP contribution < -0.4 is 5.32 Å². The van der Waals surface area contributed by atoms with Gasteiger partial charge in [0, 0.05) is 30.5 Å². The number of nitrogens with zero attached hydrogens (tertiary/aromatic N) is 1. The van der Waals surface area contributed by atoms with Crippen molar-refractivity contribution < 1.29 is 23.8 Å². The SMILES string of the molecule is CCCCCOC[C@@H]1C[C@]2(C[C@](C)(c3csc(Nc4ccccc4)n3)OC2=O)C(=O)O1. The summed E-state index contributed by atoms with van der Waals surface area (Å²) in [7, 11) is 0. The molecule has 3 atom stereocenters. The average Bonchev–Trinajstić information content (AvgIpc) is 3.41. The van der Waals surface area contributed by atoms with E-state index in [4.69, 9.17) is 14.2 Å². The van der Waals surface area contributed by atoms with Crippen LogP contribution >= 0.6 is 11.3 Å². The van der Waals surface area contributed by atoms with Gasteiger partial charge in [0.2, 0.25) is 0 Å². The van der Waals surface area contributed by atoms with Gasteiger partial charge in [-0.15, -0.1) is 11.3 Å². The van der Waals surface area contributed by atoms with Crippen molar-refractivity contribution in [1.82, 2.24) is 4.98 Å². The highest BCUT2D eigenvalue weighted by Crippen LogP contribution is 2.52. The van der Waals surface area contributed by atoms with Crippen molar-refractivity contribution in [3.63, 3.8) is 0 Å². The Kier molecular flexibility index (Phi) is 6.29. The van der Waals surface area contributed by atoms with Gasteiger partial charge >= 0.3 is 11.9 Å². The molecule has 1 aromatic carbocycles. The molecule has 7 nitrogen and oxygen atoms in total. The van der Waals surface area contributed by atoms with Crippen molar-refractivity contribution in [2.45, 2.75) is 57.7 Å². The molecule has 31 heavy (non-hydrogen) atoms. The van der Waals surface area contributed by atoms with Gasteiger partial charge < -0.3 is 19.5 Å². The molecular weight excluding hydrogens is 416 g/mol. The topological polar surface area (TPSA) is 86.8 Å². The minimum Gasteiger partial charge on any atom is -0.459 e. The second kappa shape index (κ2) is 8.96. The molecule has 0 aliphatic carbocycles. The summed E-state index contributed by atoms with van der Waals surface area (Å²) in [5.74, 6) is -1.04. The zero-order valence-electron chi connectivity index (χ0n) is 17.9. The van der Waals surface area contributed by atoms with Crippen LogP contribution in [0.1, 0.15) is 51.6 Å². The molecule has 2 aromatic rings. The normalized spacial score (nSPS) is 27.5. The second-order valence-electron chi connectivity index (χ2n) is 8.42. The summed E-state index contributed by atoms with van der Waals surface area (Å²) >= 11 is 1.43. The molecule has 2 aliphatic heterocycles. The van der Waals surface area contributed by atoms with Crippen LogP contribution in [0.2, 0.25) is 0 Å². The number of ether oxygens (including phenoxy) is 3. The summed E-state index contributed by atoms with van der Waals surface area (Å²) in [6.07, 6.45) is 3.29. The van der Waals surface area contributed by atoms with Crippen molar-refractivity contribution in [2.75, 3.05) is 18.5 Å². The molecule has 4 rings (SSSR count). The predicted octanol–water partition coefficient (Wildman–Crippen LogP) is 4.56. The van der Waals surface area contributed by atoms with Crippen LogP contribution in [-0.2, 0) is 29.4 Å². The fourth-order valence-corrected chi connectivity index (χ4v) is 5.05. The number of nitrogens with one attached hydrogen (secondary N) is 1. The number of carbonyl (C=O) groups is 2. The lowest BCUT2D eigenvalue weighted by Crippen LogP contribution is -2.32. The van der Waals surface area contributed by atoms with Gasteiger partial charge in [0.25, 0.3) is 0 Å². The van der Waals surface area contributed by atoms with Gasteiger partial charge in [0.1, 0.15) is 6.10 Å². The number of aromatic nitrogens is 1. The zero-order valence-corrected chi connectivity index (χ0v) is 18.7. The number of cyclic esters (lactones) is 2. The third kappa shape index (κ3) is 4.45. The highest BCUT2D eigenvalue weighted by molar-refractivity contribution is 7.13. The van der Waals surface area contributed by atoms with Crippen LogP contribution in [0.3, 0.4) is 0 Å². The van der Waals surface area contributed by atoms with E-state index in [0.717, 1.165) is 24.9 Å². The van der Waals surface area contributed by atoms with Crippen LogP contribution in [0, 0.1) is 5.41 Å². The molecule has 1 aromatic heterocycles. The standard InChI is InChI=1S/C23H28N2O5S/c1-3-4-8-11-28-13-17-12-23(19(26)29-17)15-22(2,30-20(23)27)18-14-31-21(25-18)24-16-9-6-5-7-10-16/h5-7,9-10,14,17H,3-4,8,11-13,15H2,1-2H3,(H,24,25)/t17-,22+,23-/m0/s1. The lowest BCUT2D eigenvalue weighted by molar-refractivity contribution is -0.160. The molecule has 2 fully saturated rings. The van der Waals surface area contributed by atoms with Crippen molar-refractivity contribution in [3.05, 3.63) is 41.4 Å². The summed E-state index contributed by atoms with van der Waals surface area (Å²) in [5, 5.41) is 5.82. The van der Waals surface area contributed by atoms with Crippen LogP contribution in [0.25, 0.3) is 0 Å². The number of benzene rings is 1. The first kappa shape index (κ1) is 21.8. The molecule has 2 aliphatic rings. The van der Waals surface area contributed by atoms with E-state index in [2.05, 4.69) is 17.2 Å². The lowest BCUT2D eigenvalue weighted by Gasteiger charge is -2.20. The van der Waals surface area contributed by atoms with Gasteiger partial charge in [-0.25, -0.2) is 4.98 Å². The minimum atomic E-state index is -1.27. The molecule has 0 amide bonds. The van der Waals surface area contributed by atoms with E-state index in [-0.39, 0.29) is 12.8 Å². The van der Waals surface area contributed by atoms with E-state index >= 15 is 0 Å². The first-order chi connectivity index (χ1) is 14.9. The second-order valence-corrected chi connectivity index (χ2v) is 9.28. The van der Waals surface area contributed by atoms with Crippen molar-refractivity contribution in [2.24, 2.45) is 5.41 Å². The van der Waals surface area contributed by atoms with Crippen LogP contribution in [0.5, 0.6) is 0 Å². The number of rotatable bonds is 9. The maximum absolute atomic E-state index is 12.9. The van der Waals surface area contributed by atoms with E-state index in [1.54, 1.807) is 0 Å². The van der Waals surface area contributed by atoms with E-state index in [0.29, 0.717) is 24.0 Å². The van der Waals surface area contributed by atoms with Gasteiger partial charge in [-0.2, -0.15) is 0 Å². The quantitative estimate of drug-likeness (QED) is 0.345. The van der Waals surface area contributed by atoms with Gasteiger partial charge in [-0.1, -0.05) is 38.0 Å². The first-order valence-electron chi connectivity index (χ1n) is 10.8. The number of hydrogen-bond acceptors (Lipinski definition) is 8. The summed E-state index contributed by atoms with van der Waals surface area (Å²) < 4.78 is 16.9. The molecule has 0 radical (unpaired) electrons. The lowest BCUT2D eigenvalue weighted by atomic mass is 9.78.